The maximum absolute atomic E-state index is 6.01. The molecule has 59 heavy (non-hydrogen) atoms. The highest BCUT2D eigenvalue weighted by Gasteiger charge is 2.30. The van der Waals surface area contributed by atoms with Crippen LogP contribution in [0.15, 0.2) is 185 Å². The van der Waals surface area contributed by atoms with E-state index in [4.69, 9.17) is 18.9 Å². The van der Waals surface area contributed by atoms with Crippen LogP contribution in [0, 0.1) is 0 Å². The summed E-state index contributed by atoms with van der Waals surface area (Å²) in [4.78, 5) is 10.0. The maximum atomic E-state index is 6.01. The fraction of sp³-hybridized carbons (Fsp3) is 0.308. The van der Waals surface area contributed by atoms with Gasteiger partial charge in [-0.3, -0.25) is 0 Å². The molecule has 308 valence electrons. The first kappa shape index (κ1) is 44.1. The van der Waals surface area contributed by atoms with Crippen LogP contribution >= 0.6 is 11.8 Å². The van der Waals surface area contributed by atoms with Gasteiger partial charge >= 0.3 is 0 Å². The zero-order chi connectivity index (χ0) is 41.1. The molecule has 0 aliphatic rings. The highest BCUT2D eigenvalue weighted by molar-refractivity contribution is 7.99. The minimum absolute atomic E-state index is 0.289. The van der Waals surface area contributed by atoms with Gasteiger partial charge in [-0.15, -0.1) is 0 Å². The van der Waals surface area contributed by atoms with Crippen molar-refractivity contribution >= 4 is 33.6 Å². The molecule has 0 aliphatic carbocycles. The summed E-state index contributed by atoms with van der Waals surface area (Å²) in [5.74, 6) is 3.69. The van der Waals surface area contributed by atoms with Crippen LogP contribution < -0.4 is 18.9 Å². The lowest BCUT2D eigenvalue weighted by Crippen LogP contribution is -2.06. The molecule has 0 radical (unpaired) electrons. The Kier molecular flexibility index (Phi) is 17.9. The number of ether oxygens (including phenoxy) is 4. The standard InChI is InChI=1S/C52H60O4S3/c1-5-9-37-53-41-13-25-47(26-14-41)58(48-27-15-42(16-28-48)54-38-10-6-2)51-33-21-45(22-34-51)57-46-23-35-52(36-24-46)59(49-29-17-43(18-30-49)55-39-11-7-3)50-31-19-44(20-32-50)56-40-12-8-4/h13-36H,5-12,37-40H2,1-4H3/q+2. The van der Waals surface area contributed by atoms with Crippen LogP contribution in [0.1, 0.15) is 79.1 Å². The van der Waals surface area contributed by atoms with Gasteiger partial charge in [0.25, 0.3) is 0 Å². The molecule has 0 aliphatic heterocycles. The molecule has 6 aromatic rings. The summed E-state index contributed by atoms with van der Waals surface area (Å²) in [5.41, 5.74) is 0. The summed E-state index contributed by atoms with van der Waals surface area (Å²) >= 11 is 1.80. The maximum Gasteiger partial charge on any atom is 0.166 e. The number of hydrogen-bond acceptors (Lipinski definition) is 5. The smallest absolute Gasteiger partial charge is 0.166 e. The fourth-order valence-electron chi connectivity index (χ4n) is 6.27. The molecule has 6 aromatic carbocycles. The van der Waals surface area contributed by atoms with Crippen molar-refractivity contribution in [3.8, 4) is 23.0 Å². The zero-order valence-electron chi connectivity index (χ0n) is 35.2. The molecule has 0 fully saturated rings. The van der Waals surface area contributed by atoms with Gasteiger partial charge in [-0.25, -0.2) is 0 Å². The predicted octanol–water partition coefficient (Wildman–Crippen LogP) is 14.7. The fourth-order valence-corrected chi connectivity index (χ4v) is 11.2. The van der Waals surface area contributed by atoms with Crippen molar-refractivity contribution in [2.45, 2.75) is 118 Å². The molecule has 0 saturated carbocycles. The highest BCUT2D eigenvalue weighted by atomic mass is 32.2. The Morgan fingerprint density at radius 3 is 0.712 bits per heavy atom. The summed E-state index contributed by atoms with van der Waals surface area (Å²) in [6, 6.07) is 52.9. The first-order valence-electron chi connectivity index (χ1n) is 21.4. The van der Waals surface area contributed by atoms with E-state index in [1.54, 1.807) is 11.8 Å². The first-order chi connectivity index (χ1) is 29.1. The third-order valence-electron chi connectivity index (χ3n) is 9.66. The number of rotatable bonds is 24. The van der Waals surface area contributed by atoms with Gasteiger partial charge in [0.2, 0.25) is 0 Å². The van der Waals surface area contributed by atoms with E-state index < -0.39 is 0 Å². The molecule has 0 spiro atoms. The Balaban J connectivity index is 1.20. The second-order valence-electron chi connectivity index (χ2n) is 14.4. The molecule has 0 amide bonds. The molecule has 0 atom stereocenters. The van der Waals surface area contributed by atoms with Crippen LogP contribution in [0.2, 0.25) is 0 Å². The van der Waals surface area contributed by atoms with Crippen molar-refractivity contribution in [2.75, 3.05) is 26.4 Å². The van der Waals surface area contributed by atoms with Crippen molar-refractivity contribution < 1.29 is 18.9 Å². The van der Waals surface area contributed by atoms with Crippen LogP contribution in [-0.2, 0) is 21.8 Å². The lowest BCUT2D eigenvalue weighted by Gasteiger charge is -2.12. The average Bonchev–Trinajstić information content (AvgIpc) is 3.27. The van der Waals surface area contributed by atoms with E-state index in [-0.39, 0.29) is 21.8 Å². The van der Waals surface area contributed by atoms with Gasteiger partial charge < -0.3 is 18.9 Å². The molecular formula is C52H60O4S3+2. The van der Waals surface area contributed by atoms with E-state index in [1.165, 1.54) is 39.2 Å². The van der Waals surface area contributed by atoms with Gasteiger partial charge in [0.15, 0.2) is 29.4 Å². The van der Waals surface area contributed by atoms with E-state index in [9.17, 15) is 0 Å². The monoisotopic (exact) mass is 844 g/mol. The second kappa shape index (κ2) is 24.0. The highest BCUT2D eigenvalue weighted by Crippen LogP contribution is 2.38. The van der Waals surface area contributed by atoms with E-state index in [0.29, 0.717) is 0 Å². The van der Waals surface area contributed by atoms with Gasteiger partial charge in [-0.2, -0.15) is 0 Å². The van der Waals surface area contributed by atoms with E-state index in [1.807, 2.05) is 0 Å². The van der Waals surface area contributed by atoms with Gasteiger partial charge in [0, 0.05) is 9.79 Å². The number of benzene rings is 6. The SMILES string of the molecule is CCCCOc1ccc([S+](c2ccc(OCCCC)cc2)c2ccc(Sc3ccc([S+](c4ccc(OCCCC)cc4)c4ccc(OCCCC)cc4)cc3)cc2)cc1. The summed E-state index contributed by atoms with van der Waals surface area (Å²) in [6.07, 6.45) is 8.71. The molecule has 0 aromatic heterocycles. The van der Waals surface area contributed by atoms with E-state index in [2.05, 4.69) is 173 Å². The van der Waals surface area contributed by atoms with E-state index in [0.717, 1.165) is 101 Å². The van der Waals surface area contributed by atoms with Crippen LogP contribution in [0.25, 0.3) is 0 Å². The molecule has 7 heteroatoms. The molecule has 0 bridgehead atoms. The zero-order valence-corrected chi connectivity index (χ0v) is 37.6. The van der Waals surface area contributed by atoms with E-state index >= 15 is 0 Å². The minimum atomic E-state index is -0.289. The molecule has 0 heterocycles. The Morgan fingerprint density at radius 2 is 0.508 bits per heavy atom. The van der Waals surface area contributed by atoms with Crippen molar-refractivity contribution in [3.63, 3.8) is 0 Å². The summed E-state index contributed by atoms with van der Waals surface area (Å²) < 4.78 is 24.0. The van der Waals surface area contributed by atoms with Crippen LogP contribution in [0.3, 0.4) is 0 Å². The van der Waals surface area contributed by atoms with Crippen molar-refractivity contribution in [1.29, 1.82) is 0 Å². The largest absolute Gasteiger partial charge is 0.494 e. The second-order valence-corrected chi connectivity index (χ2v) is 19.6. The quantitative estimate of drug-likeness (QED) is 0.0448. The van der Waals surface area contributed by atoms with Crippen molar-refractivity contribution in [1.82, 2.24) is 0 Å². The van der Waals surface area contributed by atoms with Gasteiger partial charge in [0.05, 0.1) is 48.2 Å². The van der Waals surface area contributed by atoms with Crippen molar-refractivity contribution in [2.24, 2.45) is 0 Å². The Labute approximate surface area is 363 Å². The van der Waals surface area contributed by atoms with Crippen LogP contribution in [0.4, 0.5) is 0 Å². The van der Waals surface area contributed by atoms with Gasteiger partial charge in [0.1, 0.15) is 23.0 Å². The van der Waals surface area contributed by atoms with Gasteiger partial charge in [-0.1, -0.05) is 65.1 Å². The molecule has 4 nitrogen and oxygen atoms in total. The Hall–Kier alpha value is -4.43. The third kappa shape index (κ3) is 13.3. The molecule has 0 unspecified atom stereocenters. The summed E-state index contributed by atoms with van der Waals surface area (Å²) in [6.45, 7) is 11.7. The predicted molar refractivity (Wildman–Crippen MR) is 249 cm³/mol. The third-order valence-corrected chi connectivity index (χ3v) is 15.1. The number of unbranched alkanes of at least 4 members (excludes halogenated alkanes) is 4. The normalized spacial score (nSPS) is 11.2. The lowest BCUT2D eigenvalue weighted by atomic mass is 10.3. The molecule has 0 saturated heterocycles. The molecule has 0 N–H and O–H groups in total. The Bertz CT molecular complexity index is 1810. The van der Waals surface area contributed by atoms with Crippen LogP contribution in [-0.4, -0.2) is 26.4 Å². The first-order valence-corrected chi connectivity index (χ1v) is 24.6. The van der Waals surface area contributed by atoms with Crippen molar-refractivity contribution in [3.05, 3.63) is 146 Å². The van der Waals surface area contributed by atoms with Gasteiger partial charge in [-0.05, 0) is 171 Å². The average molecular weight is 845 g/mol. The Morgan fingerprint density at radius 1 is 0.305 bits per heavy atom. The molecule has 6 rings (SSSR count). The molecular weight excluding hydrogens is 785 g/mol. The summed E-state index contributed by atoms with van der Waals surface area (Å²) in [7, 11) is -0.578. The summed E-state index contributed by atoms with van der Waals surface area (Å²) in [5, 5.41) is 0. The van der Waals surface area contributed by atoms with Crippen LogP contribution in [0.5, 0.6) is 23.0 Å². The topological polar surface area (TPSA) is 36.9 Å². The minimum Gasteiger partial charge on any atom is -0.494 e. The number of hydrogen-bond donors (Lipinski definition) is 0. The lowest BCUT2D eigenvalue weighted by molar-refractivity contribution is 0.309.